The standard InChI is InChI=1S/C22H21ClN4O/c23-19-11-5-4-10-18(19)21(28)27-14-6-7-16(15-27)20-12-13-24-22(26-20)25-17-8-2-1-3-9-17/h1-5,8-13,16H,6-7,14-15H2,(H,24,25,26)/t16-/m0/s1. The normalized spacial score (nSPS) is 16.6. The molecular formula is C22H21ClN4O. The van der Waals surface area contributed by atoms with E-state index in [1.165, 1.54) is 0 Å². The zero-order chi connectivity index (χ0) is 19.3. The maximum atomic E-state index is 12.9. The number of likely N-dealkylation sites (tertiary alicyclic amines) is 1. The number of para-hydroxylation sites is 1. The lowest BCUT2D eigenvalue weighted by Gasteiger charge is -2.32. The van der Waals surface area contributed by atoms with Crippen LogP contribution in [0.2, 0.25) is 5.02 Å². The first kappa shape index (κ1) is 18.4. The van der Waals surface area contributed by atoms with Gasteiger partial charge in [0.25, 0.3) is 5.91 Å². The molecule has 0 radical (unpaired) electrons. The summed E-state index contributed by atoms with van der Waals surface area (Å²) >= 11 is 6.21. The first-order valence-electron chi connectivity index (χ1n) is 9.39. The van der Waals surface area contributed by atoms with Gasteiger partial charge in [-0.1, -0.05) is 41.9 Å². The Morgan fingerprint density at radius 2 is 1.86 bits per heavy atom. The Kier molecular flexibility index (Phi) is 5.53. The monoisotopic (exact) mass is 392 g/mol. The van der Waals surface area contributed by atoms with Gasteiger partial charge in [0, 0.05) is 30.9 Å². The van der Waals surface area contributed by atoms with Gasteiger partial charge in [-0.3, -0.25) is 4.79 Å². The second-order valence-electron chi connectivity index (χ2n) is 6.87. The Morgan fingerprint density at radius 3 is 2.68 bits per heavy atom. The number of rotatable bonds is 4. The molecule has 0 saturated carbocycles. The number of halogens is 1. The highest BCUT2D eigenvalue weighted by Crippen LogP contribution is 2.28. The van der Waals surface area contributed by atoms with E-state index in [2.05, 4.69) is 15.3 Å². The molecule has 2 aromatic carbocycles. The molecule has 1 atom stereocenters. The molecular weight excluding hydrogens is 372 g/mol. The van der Waals surface area contributed by atoms with Crippen LogP contribution in [0, 0.1) is 0 Å². The summed E-state index contributed by atoms with van der Waals surface area (Å²) in [6, 6.07) is 19.0. The zero-order valence-electron chi connectivity index (χ0n) is 15.4. The third kappa shape index (κ3) is 4.15. The summed E-state index contributed by atoms with van der Waals surface area (Å²) in [7, 11) is 0. The van der Waals surface area contributed by atoms with Crippen molar-refractivity contribution in [1.29, 1.82) is 0 Å². The molecule has 4 rings (SSSR count). The number of hydrogen-bond donors (Lipinski definition) is 1. The molecule has 0 unspecified atom stereocenters. The summed E-state index contributed by atoms with van der Waals surface area (Å²) in [6.07, 6.45) is 3.70. The molecule has 1 amide bonds. The van der Waals surface area contributed by atoms with Crippen molar-refractivity contribution in [1.82, 2.24) is 14.9 Å². The lowest BCUT2D eigenvalue weighted by molar-refractivity contribution is 0.0706. The van der Waals surface area contributed by atoms with Crippen molar-refractivity contribution in [2.24, 2.45) is 0 Å². The number of nitrogens with zero attached hydrogens (tertiary/aromatic N) is 3. The van der Waals surface area contributed by atoms with E-state index in [1.54, 1.807) is 18.3 Å². The summed E-state index contributed by atoms with van der Waals surface area (Å²) in [5.74, 6) is 0.727. The molecule has 3 aromatic rings. The highest BCUT2D eigenvalue weighted by Gasteiger charge is 2.27. The number of piperidine rings is 1. The van der Waals surface area contributed by atoms with Crippen molar-refractivity contribution < 1.29 is 4.79 Å². The van der Waals surface area contributed by atoms with Gasteiger partial charge in [0.15, 0.2) is 0 Å². The summed E-state index contributed by atoms with van der Waals surface area (Å²) in [4.78, 5) is 23.8. The van der Waals surface area contributed by atoms with Gasteiger partial charge < -0.3 is 10.2 Å². The highest BCUT2D eigenvalue weighted by atomic mass is 35.5. The van der Waals surface area contributed by atoms with E-state index in [9.17, 15) is 4.79 Å². The number of carbonyl (C=O) groups excluding carboxylic acids is 1. The predicted molar refractivity (Wildman–Crippen MR) is 111 cm³/mol. The van der Waals surface area contributed by atoms with Crippen LogP contribution in [0.25, 0.3) is 0 Å². The number of anilines is 2. The van der Waals surface area contributed by atoms with Crippen LogP contribution in [-0.4, -0.2) is 33.9 Å². The van der Waals surface area contributed by atoms with Crippen LogP contribution in [0.1, 0.15) is 34.8 Å². The van der Waals surface area contributed by atoms with Gasteiger partial charge in [0.2, 0.25) is 5.95 Å². The average molecular weight is 393 g/mol. The SMILES string of the molecule is O=C(c1ccccc1Cl)N1CCC[C@H](c2ccnc(Nc3ccccc3)n2)C1. The molecule has 0 spiro atoms. The molecule has 1 aromatic heterocycles. The average Bonchev–Trinajstić information content (AvgIpc) is 2.75. The van der Waals surface area contributed by atoms with Crippen molar-refractivity contribution in [3.05, 3.63) is 83.1 Å². The van der Waals surface area contributed by atoms with E-state index in [0.717, 1.165) is 30.8 Å². The number of benzene rings is 2. The first-order chi connectivity index (χ1) is 13.7. The van der Waals surface area contributed by atoms with Gasteiger partial charge in [-0.2, -0.15) is 0 Å². The minimum absolute atomic E-state index is 0.0213. The highest BCUT2D eigenvalue weighted by molar-refractivity contribution is 6.33. The summed E-state index contributed by atoms with van der Waals surface area (Å²) in [5, 5.41) is 3.72. The molecule has 5 nitrogen and oxygen atoms in total. The second kappa shape index (κ2) is 8.40. The van der Waals surface area contributed by atoms with E-state index < -0.39 is 0 Å². The van der Waals surface area contributed by atoms with Gasteiger partial charge >= 0.3 is 0 Å². The third-order valence-electron chi connectivity index (χ3n) is 4.94. The van der Waals surface area contributed by atoms with Crippen LogP contribution < -0.4 is 5.32 Å². The lowest BCUT2D eigenvalue weighted by atomic mass is 9.94. The van der Waals surface area contributed by atoms with Crippen LogP contribution in [0.4, 0.5) is 11.6 Å². The van der Waals surface area contributed by atoms with E-state index >= 15 is 0 Å². The molecule has 28 heavy (non-hydrogen) atoms. The smallest absolute Gasteiger partial charge is 0.255 e. The maximum Gasteiger partial charge on any atom is 0.255 e. The third-order valence-corrected chi connectivity index (χ3v) is 5.27. The molecule has 0 aliphatic carbocycles. The van der Waals surface area contributed by atoms with E-state index in [-0.39, 0.29) is 11.8 Å². The van der Waals surface area contributed by atoms with Crippen LogP contribution >= 0.6 is 11.6 Å². The molecule has 1 aliphatic heterocycles. The Labute approximate surface area is 169 Å². The maximum absolute atomic E-state index is 12.9. The summed E-state index contributed by atoms with van der Waals surface area (Å²) in [5.41, 5.74) is 2.45. The minimum Gasteiger partial charge on any atom is -0.338 e. The predicted octanol–water partition coefficient (Wildman–Crippen LogP) is 4.89. The largest absolute Gasteiger partial charge is 0.338 e. The molecule has 1 fully saturated rings. The van der Waals surface area contributed by atoms with Crippen molar-refractivity contribution in [3.63, 3.8) is 0 Å². The Balaban J connectivity index is 1.49. The quantitative estimate of drug-likeness (QED) is 0.686. The Hall–Kier alpha value is -2.92. The fourth-order valence-corrected chi connectivity index (χ4v) is 3.74. The van der Waals surface area contributed by atoms with Gasteiger partial charge in [-0.05, 0) is 43.2 Å². The van der Waals surface area contributed by atoms with Crippen molar-refractivity contribution in [2.45, 2.75) is 18.8 Å². The van der Waals surface area contributed by atoms with Crippen LogP contribution in [0.3, 0.4) is 0 Å². The molecule has 2 heterocycles. The number of amides is 1. The molecule has 1 N–H and O–H groups in total. The van der Waals surface area contributed by atoms with E-state index in [4.69, 9.17) is 11.6 Å². The van der Waals surface area contributed by atoms with E-state index in [0.29, 0.717) is 23.1 Å². The molecule has 142 valence electrons. The lowest BCUT2D eigenvalue weighted by Crippen LogP contribution is -2.39. The van der Waals surface area contributed by atoms with Gasteiger partial charge in [-0.25, -0.2) is 9.97 Å². The van der Waals surface area contributed by atoms with Gasteiger partial charge in [0.1, 0.15) is 0 Å². The molecule has 6 heteroatoms. The zero-order valence-corrected chi connectivity index (χ0v) is 16.1. The van der Waals surface area contributed by atoms with Crippen LogP contribution in [0.15, 0.2) is 66.9 Å². The van der Waals surface area contributed by atoms with E-state index in [1.807, 2.05) is 53.4 Å². The first-order valence-corrected chi connectivity index (χ1v) is 9.77. The second-order valence-corrected chi connectivity index (χ2v) is 7.27. The molecule has 1 saturated heterocycles. The Bertz CT molecular complexity index is 964. The van der Waals surface area contributed by atoms with Gasteiger partial charge in [-0.15, -0.1) is 0 Å². The molecule has 0 bridgehead atoms. The Morgan fingerprint density at radius 1 is 1.07 bits per heavy atom. The van der Waals surface area contributed by atoms with Crippen molar-refractivity contribution in [3.8, 4) is 0 Å². The van der Waals surface area contributed by atoms with Crippen LogP contribution in [0.5, 0.6) is 0 Å². The van der Waals surface area contributed by atoms with Gasteiger partial charge in [0.05, 0.1) is 16.3 Å². The number of hydrogen-bond acceptors (Lipinski definition) is 4. The number of nitrogens with one attached hydrogen (secondary N) is 1. The van der Waals surface area contributed by atoms with Crippen molar-refractivity contribution >= 4 is 29.1 Å². The summed E-state index contributed by atoms with van der Waals surface area (Å²) < 4.78 is 0. The van der Waals surface area contributed by atoms with Crippen molar-refractivity contribution in [2.75, 3.05) is 18.4 Å². The fraction of sp³-hybridized carbons (Fsp3) is 0.227. The number of carbonyl (C=O) groups is 1. The topological polar surface area (TPSA) is 58.1 Å². The minimum atomic E-state index is -0.0213. The molecule has 1 aliphatic rings. The summed E-state index contributed by atoms with van der Waals surface area (Å²) in [6.45, 7) is 1.37. The number of aromatic nitrogens is 2. The van der Waals surface area contributed by atoms with Crippen LogP contribution in [-0.2, 0) is 0 Å². The fourth-order valence-electron chi connectivity index (χ4n) is 3.52.